The maximum Gasteiger partial charge on any atom is 0.433 e. The number of carbonyl (C=O) groups is 4. The lowest BCUT2D eigenvalue weighted by Crippen LogP contribution is -2.67. The Bertz CT molecular complexity index is 746. The van der Waals surface area contributed by atoms with Crippen LogP contribution in [0.4, 0.5) is 9.59 Å². The van der Waals surface area contributed by atoms with Gasteiger partial charge in [0.05, 0.1) is 32.2 Å². The predicted octanol–water partition coefficient (Wildman–Crippen LogP) is 2.83. The maximum atomic E-state index is 14.1. The molecule has 0 bridgehead atoms. The van der Waals surface area contributed by atoms with Crippen LogP contribution in [0, 0.1) is 17.3 Å². The fourth-order valence-electron chi connectivity index (χ4n) is 5.61. The van der Waals surface area contributed by atoms with Gasteiger partial charge in [-0.1, -0.05) is 39.5 Å². The molecule has 10 heteroatoms. The number of hydrogen-bond donors (Lipinski definition) is 2. The summed E-state index contributed by atoms with van der Waals surface area (Å²) in [6.07, 6.45) is 4.79. The molecule has 2 aliphatic heterocycles. The smallest absolute Gasteiger partial charge is 0.433 e. The third-order valence-electron chi connectivity index (χ3n) is 8.00. The molecule has 0 aromatic rings. The zero-order chi connectivity index (χ0) is 24.2. The number of likely N-dealkylation sites (tertiary alicyclic amines) is 1. The summed E-state index contributed by atoms with van der Waals surface area (Å²) in [6.45, 7) is 6.70. The van der Waals surface area contributed by atoms with Gasteiger partial charge in [0.15, 0.2) is 0 Å². The van der Waals surface area contributed by atoms with E-state index in [0.29, 0.717) is 36.9 Å². The molecule has 10 nitrogen and oxygen atoms in total. The van der Waals surface area contributed by atoms with Crippen LogP contribution in [0.3, 0.4) is 0 Å². The molecule has 1 unspecified atom stereocenters. The standard InChI is InChI=1S/C23H37N3O7/c1-16-23(2,3)9-10-26(16,21(29)24-22(30)33-19-8-11-32-14-19)20(28)18(13-25(31)15-27)12-17-6-4-5-7-17/h15-19,31H,4-14H2,1-3H3/p+1/t16-,18-,19-,26?/m1/s1. The van der Waals surface area contributed by atoms with Gasteiger partial charge in [0.1, 0.15) is 12.1 Å². The Morgan fingerprint density at radius 1 is 1.27 bits per heavy atom. The largest absolute Gasteiger partial charge is 0.443 e. The van der Waals surface area contributed by atoms with Gasteiger partial charge in [0.2, 0.25) is 6.41 Å². The summed E-state index contributed by atoms with van der Waals surface area (Å²) in [6, 6.07) is -1.11. The highest BCUT2D eigenvalue weighted by molar-refractivity contribution is 5.94. The van der Waals surface area contributed by atoms with Crippen LogP contribution >= 0.6 is 0 Å². The van der Waals surface area contributed by atoms with Crippen LogP contribution < -0.4 is 5.32 Å². The molecule has 33 heavy (non-hydrogen) atoms. The van der Waals surface area contributed by atoms with Crippen molar-refractivity contribution in [2.24, 2.45) is 17.3 Å². The van der Waals surface area contributed by atoms with Crippen LogP contribution in [0.15, 0.2) is 0 Å². The van der Waals surface area contributed by atoms with E-state index in [-0.39, 0.29) is 37.4 Å². The van der Waals surface area contributed by atoms with Crippen LogP contribution in [-0.2, 0) is 19.1 Å². The molecule has 0 aromatic carbocycles. The van der Waals surface area contributed by atoms with Crippen LogP contribution in [0.5, 0.6) is 0 Å². The topological polar surface area (TPSA) is 122 Å². The van der Waals surface area contributed by atoms with Gasteiger partial charge in [-0.05, 0) is 19.3 Å². The molecule has 0 aromatic heterocycles. The number of urea groups is 1. The van der Waals surface area contributed by atoms with Gasteiger partial charge >= 0.3 is 18.0 Å². The van der Waals surface area contributed by atoms with E-state index in [1.165, 1.54) is 0 Å². The van der Waals surface area contributed by atoms with Crippen molar-refractivity contribution in [1.29, 1.82) is 0 Å². The zero-order valence-corrected chi connectivity index (χ0v) is 20.0. The van der Waals surface area contributed by atoms with E-state index < -0.39 is 34.7 Å². The average molecular weight is 469 g/mol. The number of hydrogen-bond acceptors (Lipinski definition) is 7. The Kier molecular flexibility index (Phi) is 8.13. The van der Waals surface area contributed by atoms with E-state index >= 15 is 0 Å². The maximum absolute atomic E-state index is 14.1. The molecule has 1 aliphatic carbocycles. The van der Waals surface area contributed by atoms with Gasteiger partial charge in [-0.25, -0.2) is 24.8 Å². The molecule has 186 valence electrons. The fraction of sp³-hybridized carbons (Fsp3) is 0.826. The number of carbonyl (C=O) groups excluding carboxylic acids is 4. The Labute approximate surface area is 195 Å². The number of nitrogens with one attached hydrogen (secondary N) is 1. The van der Waals surface area contributed by atoms with Crippen molar-refractivity contribution >= 4 is 24.4 Å². The molecule has 3 fully saturated rings. The molecule has 0 radical (unpaired) electrons. The summed E-state index contributed by atoms with van der Waals surface area (Å²) < 4.78 is 9.95. The van der Waals surface area contributed by atoms with Crippen LogP contribution in [0.25, 0.3) is 0 Å². The Balaban J connectivity index is 1.85. The van der Waals surface area contributed by atoms with Crippen LogP contribution in [0.2, 0.25) is 0 Å². The summed E-state index contributed by atoms with van der Waals surface area (Å²) in [4.78, 5) is 51.2. The van der Waals surface area contributed by atoms with Crippen LogP contribution in [-0.4, -0.2) is 77.6 Å². The number of alkyl carbamates (subject to hydrolysis) is 1. The molecule has 2 N–H and O–H groups in total. The fourth-order valence-corrected chi connectivity index (χ4v) is 5.61. The predicted molar refractivity (Wildman–Crippen MR) is 117 cm³/mol. The first-order valence-electron chi connectivity index (χ1n) is 12.0. The number of nitrogens with zero attached hydrogens (tertiary/aromatic N) is 2. The average Bonchev–Trinajstić information content (AvgIpc) is 3.51. The lowest BCUT2D eigenvalue weighted by Gasteiger charge is -2.38. The van der Waals surface area contributed by atoms with E-state index in [9.17, 15) is 24.4 Å². The Hall–Kier alpha value is -2.04. The summed E-state index contributed by atoms with van der Waals surface area (Å²) in [5.41, 5.74) is -0.322. The van der Waals surface area contributed by atoms with Gasteiger partial charge in [-0.2, -0.15) is 4.48 Å². The van der Waals surface area contributed by atoms with Crippen molar-refractivity contribution in [3.8, 4) is 0 Å². The quantitative estimate of drug-likeness (QED) is 0.255. The van der Waals surface area contributed by atoms with Crippen molar-refractivity contribution in [3.63, 3.8) is 0 Å². The number of ether oxygens (including phenoxy) is 2. The van der Waals surface area contributed by atoms with E-state index in [0.717, 1.165) is 25.7 Å². The Morgan fingerprint density at radius 2 is 1.97 bits per heavy atom. The van der Waals surface area contributed by atoms with Gasteiger partial charge < -0.3 is 9.47 Å². The molecule has 4 atom stereocenters. The monoisotopic (exact) mass is 468 g/mol. The number of amides is 5. The minimum atomic E-state index is -0.887. The molecule has 3 aliphatic rings. The minimum Gasteiger partial charge on any atom is -0.443 e. The molecular formula is C23H38N3O7+. The molecular weight excluding hydrogens is 430 g/mol. The van der Waals surface area contributed by atoms with E-state index in [1.54, 1.807) is 0 Å². The highest BCUT2D eigenvalue weighted by atomic mass is 16.6. The highest BCUT2D eigenvalue weighted by Crippen LogP contribution is 2.44. The van der Waals surface area contributed by atoms with E-state index in [2.05, 4.69) is 5.32 Å². The first-order valence-corrected chi connectivity index (χ1v) is 12.0. The minimum absolute atomic E-state index is 0.177. The van der Waals surface area contributed by atoms with Gasteiger partial charge in [-0.15, -0.1) is 0 Å². The van der Waals surface area contributed by atoms with E-state index in [4.69, 9.17) is 9.47 Å². The van der Waals surface area contributed by atoms with Crippen LogP contribution in [0.1, 0.15) is 65.7 Å². The summed E-state index contributed by atoms with van der Waals surface area (Å²) in [7, 11) is 0. The molecule has 2 heterocycles. The number of quaternary nitrogens is 1. The van der Waals surface area contributed by atoms with Crippen molar-refractivity contribution in [2.75, 3.05) is 26.3 Å². The molecule has 0 spiro atoms. The summed E-state index contributed by atoms with van der Waals surface area (Å²) in [5.74, 6) is -0.777. The van der Waals surface area contributed by atoms with Crippen molar-refractivity contribution in [3.05, 3.63) is 0 Å². The number of imide groups is 2. The third kappa shape index (κ3) is 5.55. The molecule has 3 rings (SSSR count). The highest BCUT2D eigenvalue weighted by Gasteiger charge is 2.61. The normalized spacial score (nSPS) is 30.1. The Morgan fingerprint density at radius 3 is 2.52 bits per heavy atom. The molecule has 2 saturated heterocycles. The van der Waals surface area contributed by atoms with Crippen molar-refractivity contribution in [1.82, 2.24) is 10.4 Å². The van der Waals surface area contributed by atoms with Crippen molar-refractivity contribution < 1.29 is 38.3 Å². The van der Waals surface area contributed by atoms with E-state index in [1.807, 2.05) is 20.8 Å². The second-order valence-corrected chi connectivity index (χ2v) is 10.5. The lowest BCUT2D eigenvalue weighted by molar-refractivity contribution is -0.791. The van der Waals surface area contributed by atoms with Gasteiger partial charge in [-0.3, -0.25) is 10.0 Å². The number of hydroxylamine groups is 2. The second-order valence-electron chi connectivity index (χ2n) is 10.5. The second kappa shape index (κ2) is 10.5. The zero-order valence-electron chi connectivity index (χ0n) is 20.0. The van der Waals surface area contributed by atoms with Gasteiger partial charge in [0.25, 0.3) is 0 Å². The molecule has 1 saturated carbocycles. The third-order valence-corrected chi connectivity index (χ3v) is 8.00. The number of rotatable bonds is 7. The first-order chi connectivity index (χ1) is 15.6. The SMILES string of the molecule is C[C@@H]1C(C)(C)CC[N+]1(C(=O)NC(=O)O[C@@H]1CCOC1)C(=O)[C@H](CC1CCCC1)CN(O)C=O. The molecule has 5 amide bonds. The lowest BCUT2D eigenvalue weighted by atomic mass is 9.84. The van der Waals surface area contributed by atoms with Crippen molar-refractivity contribution in [2.45, 2.75) is 77.9 Å². The van der Waals surface area contributed by atoms with Gasteiger partial charge in [0, 0.05) is 18.3 Å². The first kappa shape index (κ1) is 25.6. The summed E-state index contributed by atoms with van der Waals surface area (Å²) >= 11 is 0. The summed E-state index contributed by atoms with van der Waals surface area (Å²) in [5, 5.41) is 12.7.